The predicted octanol–water partition coefficient (Wildman–Crippen LogP) is 3.39. The lowest BCUT2D eigenvalue weighted by atomic mass is 9.98. The molecule has 7 nitrogen and oxygen atoms in total. The number of urea groups is 1. The number of ether oxygens (including phenoxy) is 1. The summed E-state index contributed by atoms with van der Waals surface area (Å²) in [5.74, 6) is 0.649. The summed E-state index contributed by atoms with van der Waals surface area (Å²) < 4.78 is 5.25. The molecule has 1 aromatic rings. The molecule has 0 aromatic heterocycles. The van der Waals surface area contributed by atoms with Crippen molar-refractivity contribution in [2.45, 2.75) is 69.4 Å². The smallest absolute Gasteiger partial charge is 0.325 e. The Morgan fingerprint density at radius 3 is 2.53 bits per heavy atom. The number of rotatable bonds is 5. The number of imide groups is 1. The van der Waals surface area contributed by atoms with Gasteiger partial charge in [0.2, 0.25) is 5.91 Å². The molecule has 0 bridgehead atoms. The van der Waals surface area contributed by atoms with Gasteiger partial charge in [0.05, 0.1) is 13.2 Å². The monoisotopic (exact) mass is 413 g/mol. The van der Waals surface area contributed by atoms with E-state index < -0.39 is 5.54 Å². The maximum absolute atomic E-state index is 13.2. The Kier molecular flexibility index (Phi) is 5.97. The molecule has 3 fully saturated rings. The number of benzene rings is 1. The minimum atomic E-state index is -0.714. The van der Waals surface area contributed by atoms with Crippen LogP contribution in [0.15, 0.2) is 24.3 Å². The van der Waals surface area contributed by atoms with Crippen LogP contribution in [0.4, 0.5) is 4.79 Å². The molecule has 162 valence electrons. The van der Waals surface area contributed by atoms with Crippen LogP contribution in [0.5, 0.6) is 5.75 Å². The van der Waals surface area contributed by atoms with E-state index in [1.54, 1.807) is 7.11 Å². The van der Waals surface area contributed by atoms with E-state index in [1.165, 1.54) is 4.90 Å². The van der Waals surface area contributed by atoms with Crippen LogP contribution in [0, 0.1) is 0 Å². The van der Waals surface area contributed by atoms with Crippen LogP contribution in [-0.4, -0.2) is 53.4 Å². The molecule has 2 saturated heterocycles. The number of methoxy groups -OCH3 is 1. The van der Waals surface area contributed by atoms with Gasteiger partial charge in [0.1, 0.15) is 11.3 Å². The van der Waals surface area contributed by atoms with Gasteiger partial charge >= 0.3 is 6.03 Å². The molecule has 4 amide bonds. The van der Waals surface area contributed by atoms with Crippen molar-refractivity contribution in [1.82, 2.24) is 15.1 Å². The molecule has 1 saturated carbocycles. The summed E-state index contributed by atoms with van der Waals surface area (Å²) in [7, 11) is 1.64. The third kappa shape index (κ3) is 3.89. The lowest BCUT2D eigenvalue weighted by Crippen LogP contribution is -2.44. The van der Waals surface area contributed by atoms with E-state index in [9.17, 15) is 14.4 Å². The Balaban J connectivity index is 1.44. The van der Waals surface area contributed by atoms with Crippen LogP contribution in [0.1, 0.15) is 69.4 Å². The molecule has 30 heavy (non-hydrogen) atoms. The van der Waals surface area contributed by atoms with Gasteiger partial charge in [-0.3, -0.25) is 14.5 Å². The third-order valence-electron chi connectivity index (χ3n) is 6.83. The van der Waals surface area contributed by atoms with Crippen molar-refractivity contribution in [2.75, 3.05) is 20.2 Å². The normalized spacial score (nSPS) is 23.6. The van der Waals surface area contributed by atoms with Gasteiger partial charge in [0.15, 0.2) is 0 Å². The van der Waals surface area contributed by atoms with Crippen LogP contribution < -0.4 is 10.1 Å². The Labute approximate surface area is 177 Å². The maximum Gasteiger partial charge on any atom is 0.325 e. The van der Waals surface area contributed by atoms with Crippen molar-refractivity contribution in [3.8, 4) is 5.75 Å². The molecule has 0 unspecified atom stereocenters. The van der Waals surface area contributed by atoms with E-state index in [2.05, 4.69) is 5.32 Å². The zero-order valence-electron chi connectivity index (χ0n) is 17.7. The summed E-state index contributed by atoms with van der Waals surface area (Å²) in [5, 5.41) is 2.89. The van der Waals surface area contributed by atoms with Crippen LogP contribution >= 0.6 is 0 Å². The van der Waals surface area contributed by atoms with E-state index in [0.29, 0.717) is 19.4 Å². The number of carbonyl (C=O) groups excluding carboxylic acids is 3. The number of hydrogen-bond donors (Lipinski definition) is 1. The molecule has 1 aliphatic carbocycles. The topological polar surface area (TPSA) is 79.0 Å². The standard InChI is InChI=1S/C23H31N3O4/c1-30-18-10-8-17(9-11-18)19-7-3-2-6-15-25(19)20(27)12-16-26-21(28)23(24-22(26)29)13-4-5-14-23/h8-11,19H,2-7,12-16H2,1H3,(H,24,29)/t19-/m1/s1. The molecular weight excluding hydrogens is 382 g/mol. The zero-order valence-corrected chi connectivity index (χ0v) is 17.7. The molecule has 1 aromatic carbocycles. The van der Waals surface area contributed by atoms with Crippen molar-refractivity contribution in [1.29, 1.82) is 0 Å². The van der Waals surface area contributed by atoms with E-state index in [4.69, 9.17) is 4.74 Å². The van der Waals surface area contributed by atoms with E-state index in [0.717, 1.165) is 49.8 Å². The number of nitrogens with zero attached hydrogens (tertiary/aromatic N) is 2. The fraction of sp³-hybridized carbons (Fsp3) is 0.609. The first-order valence-corrected chi connectivity index (χ1v) is 11.1. The molecule has 3 aliphatic rings. The van der Waals surface area contributed by atoms with Crippen molar-refractivity contribution >= 4 is 17.8 Å². The summed E-state index contributed by atoms with van der Waals surface area (Å²) in [6, 6.07) is 7.58. The van der Waals surface area contributed by atoms with E-state index >= 15 is 0 Å². The first kappa shape index (κ1) is 20.7. The minimum absolute atomic E-state index is 0.00527. The molecule has 1 atom stereocenters. The van der Waals surface area contributed by atoms with Gasteiger partial charge in [-0.15, -0.1) is 0 Å². The van der Waals surface area contributed by atoms with Crippen LogP contribution in [0.2, 0.25) is 0 Å². The zero-order chi connectivity index (χ0) is 21.1. The molecule has 7 heteroatoms. The molecule has 2 aliphatic heterocycles. The number of hydrogen-bond acceptors (Lipinski definition) is 4. The van der Waals surface area contributed by atoms with E-state index in [1.807, 2.05) is 29.2 Å². The van der Waals surface area contributed by atoms with Gasteiger partial charge in [-0.25, -0.2) is 4.79 Å². The Hall–Kier alpha value is -2.57. The summed E-state index contributed by atoms with van der Waals surface area (Å²) >= 11 is 0. The molecule has 2 heterocycles. The fourth-order valence-corrected chi connectivity index (χ4v) is 5.13. The largest absolute Gasteiger partial charge is 0.497 e. The maximum atomic E-state index is 13.2. The minimum Gasteiger partial charge on any atom is -0.497 e. The summed E-state index contributed by atoms with van der Waals surface area (Å²) in [6.45, 7) is 0.858. The molecular formula is C23H31N3O4. The first-order chi connectivity index (χ1) is 14.5. The molecule has 1 spiro atoms. The number of nitrogens with one attached hydrogen (secondary N) is 1. The van der Waals surface area contributed by atoms with Gasteiger partial charge in [-0.2, -0.15) is 0 Å². The summed E-state index contributed by atoms with van der Waals surface area (Å²) in [4.78, 5) is 41.6. The van der Waals surface area contributed by atoms with E-state index in [-0.39, 0.29) is 36.9 Å². The van der Waals surface area contributed by atoms with Crippen LogP contribution in [0.25, 0.3) is 0 Å². The van der Waals surface area contributed by atoms with Crippen LogP contribution in [0.3, 0.4) is 0 Å². The average molecular weight is 414 g/mol. The second-order valence-corrected chi connectivity index (χ2v) is 8.65. The second kappa shape index (κ2) is 8.66. The molecule has 1 N–H and O–H groups in total. The van der Waals surface area contributed by atoms with Crippen molar-refractivity contribution < 1.29 is 19.1 Å². The summed E-state index contributed by atoms with van der Waals surface area (Å²) in [6.07, 6.45) is 7.56. The van der Waals surface area contributed by atoms with Gasteiger partial charge in [0, 0.05) is 19.5 Å². The quantitative estimate of drug-likeness (QED) is 0.751. The highest BCUT2D eigenvalue weighted by Gasteiger charge is 2.52. The fourth-order valence-electron chi connectivity index (χ4n) is 5.13. The van der Waals surface area contributed by atoms with Crippen LogP contribution in [-0.2, 0) is 9.59 Å². The lowest BCUT2D eigenvalue weighted by molar-refractivity contribution is -0.135. The Morgan fingerprint density at radius 1 is 1.10 bits per heavy atom. The number of amides is 4. The van der Waals surface area contributed by atoms with Crippen molar-refractivity contribution in [3.05, 3.63) is 29.8 Å². The van der Waals surface area contributed by atoms with Gasteiger partial charge in [-0.05, 0) is 43.4 Å². The third-order valence-corrected chi connectivity index (χ3v) is 6.83. The number of likely N-dealkylation sites (tertiary alicyclic amines) is 1. The second-order valence-electron chi connectivity index (χ2n) is 8.65. The average Bonchev–Trinajstić information content (AvgIpc) is 3.21. The first-order valence-electron chi connectivity index (χ1n) is 11.1. The lowest BCUT2D eigenvalue weighted by Gasteiger charge is -2.31. The van der Waals surface area contributed by atoms with Crippen molar-refractivity contribution in [2.24, 2.45) is 0 Å². The highest BCUT2D eigenvalue weighted by molar-refractivity contribution is 6.07. The summed E-state index contributed by atoms with van der Waals surface area (Å²) in [5.41, 5.74) is 0.389. The molecule has 0 radical (unpaired) electrons. The molecule has 4 rings (SSSR count). The Bertz CT molecular complexity index is 801. The van der Waals surface area contributed by atoms with Gasteiger partial charge < -0.3 is 15.0 Å². The highest BCUT2D eigenvalue weighted by atomic mass is 16.5. The number of carbonyl (C=O) groups is 3. The predicted molar refractivity (Wildman–Crippen MR) is 112 cm³/mol. The Morgan fingerprint density at radius 2 is 1.83 bits per heavy atom. The van der Waals surface area contributed by atoms with Crippen molar-refractivity contribution in [3.63, 3.8) is 0 Å². The van der Waals surface area contributed by atoms with Gasteiger partial charge in [-0.1, -0.05) is 37.8 Å². The van der Waals surface area contributed by atoms with Gasteiger partial charge in [0.25, 0.3) is 5.91 Å². The SMILES string of the molecule is COc1ccc([C@H]2CCCCCN2C(=O)CCN2C(=O)NC3(CCCC3)C2=O)cc1. The highest BCUT2D eigenvalue weighted by Crippen LogP contribution is 2.35.